The number of likely N-dealkylation sites (tertiary alicyclic amines) is 1. The van der Waals surface area contributed by atoms with E-state index >= 15 is 0 Å². The van der Waals surface area contributed by atoms with Gasteiger partial charge in [0, 0.05) is 44.3 Å². The van der Waals surface area contributed by atoms with Crippen molar-refractivity contribution in [1.82, 2.24) is 24.6 Å². The number of rotatable bonds is 4. The Kier molecular flexibility index (Phi) is 4.88. The summed E-state index contributed by atoms with van der Waals surface area (Å²) in [4.78, 5) is 14.8. The molecule has 2 aromatic rings. The zero-order chi connectivity index (χ0) is 18.1. The number of aromatic nitrogens is 3. The Labute approximate surface area is 149 Å². The van der Waals surface area contributed by atoms with E-state index in [-0.39, 0.29) is 18.1 Å². The van der Waals surface area contributed by atoms with Crippen molar-refractivity contribution in [2.24, 2.45) is 14.1 Å². The van der Waals surface area contributed by atoms with Gasteiger partial charge in [-0.15, -0.1) is 0 Å². The van der Waals surface area contributed by atoms with Crippen molar-refractivity contribution >= 4 is 6.03 Å². The molecule has 2 atom stereocenters. The third kappa shape index (κ3) is 3.43. The van der Waals surface area contributed by atoms with Crippen molar-refractivity contribution in [1.29, 1.82) is 0 Å². The van der Waals surface area contributed by atoms with Crippen LogP contribution in [0.4, 0.5) is 4.79 Å². The molecule has 25 heavy (non-hydrogen) atoms. The Balaban J connectivity index is 1.66. The molecule has 0 aliphatic carbocycles. The first-order chi connectivity index (χ1) is 11.9. The van der Waals surface area contributed by atoms with Crippen molar-refractivity contribution in [3.8, 4) is 0 Å². The van der Waals surface area contributed by atoms with E-state index in [4.69, 9.17) is 0 Å². The van der Waals surface area contributed by atoms with Crippen LogP contribution in [0, 0.1) is 13.8 Å². The lowest BCUT2D eigenvalue weighted by molar-refractivity contribution is 0.188. The highest BCUT2D eigenvalue weighted by Gasteiger charge is 2.31. The molecule has 0 radical (unpaired) electrons. The average Bonchev–Trinajstić information content (AvgIpc) is 3.24. The number of hydrogen-bond acceptors (Lipinski definition) is 2. The molecule has 1 N–H and O–H groups in total. The first-order valence-corrected chi connectivity index (χ1v) is 9.06. The van der Waals surface area contributed by atoms with Gasteiger partial charge in [-0.3, -0.25) is 4.68 Å². The van der Waals surface area contributed by atoms with Crippen molar-refractivity contribution in [2.75, 3.05) is 6.54 Å². The maximum absolute atomic E-state index is 12.8. The van der Waals surface area contributed by atoms with Gasteiger partial charge in [-0.2, -0.15) is 5.10 Å². The summed E-state index contributed by atoms with van der Waals surface area (Å²) in [5.41, 5.74) is 4.65. The number of urea groups is 1. The second-order valence-electron chi connectivity index (χ2n) is 7.22. The van der Waals surface area contributed by atoms with Crippen molar-refractivity contribution in [3.63, 3.8) is 0 Å². The molecule has 6 heteroatoms. The lowest BCUT2D eigenvalue weighted by atomic mass is 10.1. The van der Waals surface area contributed by atoms with Crippen LogP contribution in [0.3, 0.4) is 0 Å². The predicted molar refractivity (Wildman–Crippen MR) is 98.5 cm³/mol. The van der Waals surface area contributed by atoms with E-state index in [1.807, 2.05) is 42.9 Å². The number of amides is 2. The number of nitrogens with zero attached hydrogens (tertiary/aromatic N) is 4. The molecule has 2 aromatic heterocycles. The van der Waals surface area contributed by atoms with Gasteiger partial charge in [0.15, 0.2) is 0 Å². The number of hydrogen-bond donors (Lipinski definition) is 1. The molecule has 1 fully saturated rings. The van der Waals surface area contributed by atoms with E-state index in [2.05, 4.69) is 34.9 Å². The SMILES string of the molecule is Cc1nn(C)c(C)c1CC(C)NC(=O)N1CCCC1c1cccn1C. The van der Waals surface area contributed by atoms with Gasteiger partial charge < -0.3 is 14.8 Å². The minimum atomic E-state index is 0.0374. The molecule has 0 spiro atoms. The van der Waals surface area contributed by atoms with Crippen LogP contribution in [-0.4, -0.2) is 37.9 Å². The lowest BCUT2D eigenvalue weighted by Crippen LogP contribution is -2.44. The fraction of sp³-hybridized carbons (Fsp3) is 0.579. The molecule has 0 aromatic carbocycles. The van der Waals surface area contributed by atoms with Crippen LogP contribution in [0.2, 0.25) is 0 Å². The summed E-state index contributed by atoms with van der Waals surface area (Å²) in [6, 6.07) is 4.44. The van der Waals surface area contributed by atoms with Gasteiger partial charge >= 0.3 is 6.03 Å². The van der Waals surface area contributed by atoms with E-state index in [9.17, 15) is 4.79 Å². The van der Waals surface area contributed by atoms with Gasteiger partial charge in [0.25, 0.3) is 0 Å². The van der Waals surface area contributed by atoms with Gasteiger partial charge in [0.1, 0.15) is 0 Å². The standard InChI is InChI=1S/C19H29N5O/c1-13(12-16-14(2)21-23(5)15(16)3)20-19(25)24-11-7-9-18(24)17-8-6-10-22(17)4/h6,8,10,13,18H,7,9,11-12H2,1-5H3,(H,20,25). The summed E-state index contributed by atoms with van der Waals surface area (Å²) >= 11 is 0. The molecule has 1 saturated heterocycles. The smallest absolute Gasteiger partial charge is 0.318 e. The first-order valence-electron chi connectivity index (χ1n) is 9.06. The highest BCUT2D eigenvalue weighted by Crippen LogP contribution is 2.31. The zero-order valence-corrected chi connectivity index (χ0v) is 15.9. The van der Waals surface area contributed by atoms with E-state index in [0.717, 1.165) is 31.5 Å². The van der Waals surface area contributed by atoms with Crippen molar-refractivity contribution in [2.45, 2.75) is 52.1 Å². The molecule has 3 heterocycles. The molecule has 0 saturated carbocycles. The van der Waals surface area contributed by atoms with Crippen LogP contribution in [0.15, 0.2) is 18.3 Å². The molecule has 3 rings (SSSR count). The summed E-state index contributed by atoms with van der Waals surface area (Å²) in [5, 5.41) is 7.65. The summed E-state index contributed by atoms with van der Waals surface area (Å²) in [6.45, 7) is 7.00. The summed E-state index contributed by atoms with van der Waals surface area (Å²) in [7, 11) is 4.00. The minimum Gasteiger partial charge on any atom is -0.353 e. The summed E-state index contributed by atoms with van der Waals surface area (Å²) in [6.07, 6.45) is 4.93. The summed E-state index contributed by atoms with van der Waals surface area (Å²) in [5.74, 6) is 0. The Morgan fingerprint density at radius 1 is 1.40 bits per heavy atom. The quantitative estimate of drug-likeness (QED) is 0.928. The molecular formula is C19H29N5O. The van der Waals surface area contributed by atoms with E-state index in [1.165, 1.54) is 17.0 Å². The minimum absolute atomic E-state index is 0.0374. The largest absolute Gasteiger partial charge is 0.353 e. The fourth-order valence-electron chi connectivity index (χ4n) is 3.90. The topological polar surface area (TPSA) is 55.1 Å². The van der Waals surface area contributed by atoms with Gasteiger partial charge in [-0.1, -0.05) is 0 Å². The van der Waals surface area contributed by atoms with Gasteiger partial charge in [-0.25, -0.2) is 4.79 Å². The van der Waals surface area contributed by atoms with Gasteiger partial charge in [-0.05, 0) is 57.7 Å². The molecule has 1 aliphatic rings. The molecule has 2 amide bonds. The van der Waals surface area contributed by atoms with Crippen molar-refractivity contribution < 1.29 is 4.79 Å². The second-order valence-corrected chi connectivity index (χ2v) is 7.22. The van der Waals surface area contributed by atoms with Crippen LogP contribution < -0.4 is 5.32 Å². The molecule has 136 valence electrons. The number of nitrogens with one attached hydrogen (secondary N) is 1. The van der Waals surface area contributed by atoms with Crippen LogP contribution >= 0.6 is 0 Å². The Hall–Kier alpha value is -2.24. The number of aryl methyl sites for hydroxylation is 3. The molecule has 1 aliphatic heterocycles. The van der Waals surface area contributed by atoms with E-state index in [0.29, 0.717) is 0 Å². The van der Waals surface area contributed by atoms with Gasteiger partial charge in [0.05, 0.1) is 11.7 Å². The molecule has 6 nitrogen and oxygen atoms in total. The highest BCUT2D eigenvalue weighted by atomic mass is 16.2. The normalized spacial score (nSPS) is 18.6. The van der Waals surface area contributed by atoms with E-state index in [1.54, 1.807) is 0 Å². The van der Waals surface area contributed by atoms with Gasteiger partial charge in [0.2, 0.25) is 0 Å². The maximum atomic E-state index is 12.8. The predicted octanol–water partition coefficient (Wildman–Crippen LogP) is 2.85. The molecule has 0 bridgehead atoms. The summed E-state index contributed by atoms with van der Waals surface area (Å²) < 4.78 is 4.02. The monoisotopic (exact) mass is 343 g/mol. The Morgan fingerprint density at radius 2 is 2.16 bits per heavy atom. The highest BCUT2D eigenvalue weighted by molar-refractivity contribution is 5.75. The average molecular weight is 343 g/mol. The van der Waals surface area contributed by atoms with Crippen LogP contribution in [-0.2, 0) is 20.5 Å². The number of carbonyl (C=O) groups excluding carboxylic acids is 1. The van der Waals surface area contributed by atoms with Crippen LogP contribution in [0.5, 0.6) is 0 Å². The van der Waals surface area contributed by atoms with Crippen LogP contribution in [0.25, 0.3) is 0 Å². The third-order valence-electron chi connectivity index (χ3n) is 5.38. The van der Waals surface area contributed by atoms with Crippen molar-refractivity contribution in [3.05, 3.63) is 41.0 Å². The lowest BCUT2D eigenvalue weighted by Gasteiger charge is -2.27. The maximum Gasteiger partial charge on any atom is 0.318 e. The van der Waals surface area contributed by atoms with Crippen LogP contribution in [0.1, 0.15) is 48.5 Å². The van der Waals surface area contributed by atoms with E-state index < -0.39 is 0 Å². The first kappa shape index (κ1) is 17.6. The Morgan fingerprint density at radius 3 is 2.76 bits per heavy atom. The zero-order valence-electron chi connectivity index (χ0n) is 15.9. The molecule has 2 unspecified atom stereocenters. The Bertz CT molecular complexity index is 760. The number of carbonyl (C=O) groups is 1. The second kappa shape index (κ2) is 6.94. The third-order valence-corrected chi connectivity index (χ3v) is 5.38. The molecular weight excluding hydrogens is 314 g/mol. The fourth-order valence-corrected chi connectivity index (χ4v) is 3.90.